The van der Waals surface area contributed by atoms with Gasteiger partial charge in [0.2, 0.25) is 10.2 Å². The standard InChI is InChI=1S/C14H21N3O4S2/c1-2-3-6-13(19)16-11-5-4-8-17(10-12(11)18)23(20,21)14-15-7-9-22-14/h7,9,11H,2-6,8,10H2,1H3,(H,16,19). The van der Waals surface area contributed by atoms with Crippen molar-refractivity contribution >= 4 is 33.1 Å². The third-order valence-corrected chi connectivity index (χ3v) is 6.71. The van der Waals surface area contributed by atoms with Gasteiger partial charge in [-0.3, -0.25) is 9.59 Å². The van der Waals surface area contributed by atoms with Crippen molar-refractivity contribution in [1.82, 2.24) is 14.6 Å². The van der Waals surface area contributed by atoms with Crippen LogP contribution in [0, 0.1) is 0 Å². The molecule has 1 N–H and O–H groups in total. The summed E-state index contributed by atoms with van der Waals surface area (Å²) in [6.45, 7) is 2.03. The first-order valence-electron chi connectivity index (χ1n) is 7.67. The molecular formula is C14H21N3O4S2. The van der Waals surface area contributed by atoms with Crippen LogP contribution in [0.5, 0.6) is 0 Å². The Morgan fingerprint density at radius 1 is 1.52 bits per heavy atom. The van der Waals surface area contributed by atoms with Gasteiger partial charge in [0, 0.05) is 24.5 Å². The number of sulfonamides is 1. The largest absolute Gasteiger partial charge is 0.346 e. The number of amides is 1. The Balaban J connectivity index is 2.02. The molecule has 1 aliphatic heterocycles. The fraction of sp³-hybridized carbons (Fsp3) is 0.643. The summed E-state index contributed by atoms with van der Waals surface area (Å²) >= 11 is 1.03. The number of rotatable bonds is 6. The van der Waals surface area contributed by atoms with Crippen LogP contribution in [0.2, 0.25) is 0 Å². The summed E-state index contributed by atoms with van der Waals surface area (Å²) in [5.41, 5.74) is 0. The first-order valence-corrected chi connectivity index (χ1v) is 9.99. The van der Waals surface area contributed by atoms with Crippen molar-refractivity contribution in [3.63, 3.8) is 0 Å². The number of unbranched alkanes of at least 4 members (excludes halogenated alkanes) is 1. The Bertz CT molecular complexity index is 643. The zero-order chi connectivity index (χ0) is 16.9. The van der Waals surface area contributed by atoms with Crippen molar-refractivity contribution in [2.45, 2.75) is 49.4 Å². The summed E-state index contributed by atoms with van der Waals surface area (Å²) in [5, 5.41) is 4.31. The predicted molar refractivity (Wildman–Crippen MR) is 86.6 cm³/mol. The number of ketones is 1. The monoisotopic (exact) mass is 359 g/mol. The second-order valence-electron chi connectivity index (χ2n) is 5.47. The second kappa shape index (κ2) is 7.98. The fourth-order valence-electron chi connectivity index (χ4n) is 2.41. The molecule has 2 heterocycles. The molecule has 23 heavy (non-hydrogen) atoms. The number of thiazole rings is 1. The number of nitrogens with one attached hydrogen (secondary N) is 1. The van der Waals surface area contributed by atoms with Crippen molar-refractivity contribution in [1.29, 1.82) is 0 Å². The molecule has 1 aliphatic rings. The van der Waals surface area contributed by atoms with E-state index in [4.69, 9.17) is 0 Å². The highest BCUT2D eigenvalue weighted by molar-refractivity contribution is 7.91. The maximum absolute atomic E-state index is 12.5. The molecule has 1 unspecified atom stereocenters. The van der Waals surface area contributed by atoms with E-state index in [0.717, 1.165) is 28.5 Å². The third kappa shape index (κ3) is 4.58. The number of aromatic nitrogens is 1. The van der Waals surface area contributed by atoms with Crippen molar-refractivity contribution in [2.75, 3.05) is 13.1 Å². The van der Waals surface area contributed by atoms with E-state index in [-0.39, 0.29) is 29.1 Å². The maximum atomic E-state index is 12.5. The van der Waals surface area contributed by atoms with Gasteiger partial charge >= 0.3 is 0 Å². The quantitative estimate of drug-likeness (QED) is 0.822. The van der Waals surface area contributed by atoms with Crippen LogP contribution in [0.4, 0.5) is 0 Å². The summed E-state index contributed by atoms with van der Waals surface area (Å²) in [6, 6.07) is -0.601. The molecule has 1 aromatic heterocycles. The van der Waals surface area contributed by atoms with Crippen molar-refractivity contribution in [2.24, 2.45) is 0 Å². The van der Waals surface area contributed by atoms with Gasteiger partial charge in [-0.15, -0.1) is 11.3 Å². The zero-order valence-electron chi connectivity index (χ0n) is 13.0. The Morgan fingerprint density at radius 2 is 2.30 bits per heavy atom. The lowest BCUT2D eigenvalue weighted by Gasteiger charge is -2.18. The molecule has 0 radical (unpaired) electrons. The van der Waals surface area contributed by atoms with E-state index in [1.165, 1.54) is 6.20 Å². The first-order chi connectivity index (χ1) is 10.9. The highest BCUT2D eigenvalue weighted by Crippen LogP contribution is 2.21. The van der Waals surface area contributed by atoms with E-state index in [1.54, 1.807) is 5.38 Å². The summed E-state index contributed by atoms with van der Waals surface area (Å²) in [7, 11) is -3.73. The zero-order valence-corrected chi connectivity index (χ0v) is 14.7. The molecular weight excluding hydrogens is 338 g/mol. The average molecular weight is 359 g/mol. The van der Waals surface area contributed by atoms with Crippen LogP contribution < -0.4 is 5.32 Å². The Morgan fingerprint density at radius 3 is 2.96 bits per heavy atom. The van der Waals surface area contributed by atoms with Crippen LogP contribution >= 0.6 is 11.3 Å². The van der Waals surface area contributed by atoms with Gasteiger partial charge in [-0.1, -0.05) is 13.3 Å². The molecule has 2 rings (SSSR count). The van der Waals surface area contributed by atoms with E-state index in [1.807, 2.05) is 6.92 Å². The number of Topliss-reactive ketones (excluding diaryl/α,β-unsaturated/α-hetero) is 1. The summed E-state index contributed by atoms with van der Waals surface area (Å²) in [4.78, 5) is 27.9. The molecule has 1 fully saturated rings. The Hall–Kier alpha value is -1.32. The van der Waals surface area contributed by atoms with Gasteiger partial charge < -0.3 is 5.32 Å². The van der Waals surface area contributed by atoms with Crippen molar-refractivity contribution in [3.05, 3.63) is 11.6 Å². The molecule has 1 saturated heterocycles. The SMILES string of the molecule is CCCCC(=O)NC1CCCN(S(=O)(=O)c2nccs2)CC1=O. The van der Waals surface area contributed by atoms with Crippen LogP contribution in [0.15, 0.2) is 15.9 Å². The van der Waals surface area contributed by atoms with Gasteiger partial charge in [0.05, 0.1) is 12.6 Å². The minimum atomic E-state index is -3.73. The average Bonchev–Trinajstić information content (AvgIpc) is 2.99. The highest BCUT2D eigenvalue weighted by Gasteiger charge is 2.33. The molecule has 1 amide bonds. The van der Waals surface area contributed by atoms with E-state index in [0.29, 0.717) is 19.3 Å². The normalized spacial score (nSPS) is 20.2. The minimum Gasteiger partial charge on any atom is -0.346 e. The number of nitrogens with zero attached hydrogens (tertiary/aromatic N) is 2. The lowest BCUT2D eigenvalue weighted by molar-refractivity contribution is -0.127. The lowest BCUT2D eigenvalue weighted by Crippen LogP contribution is -2.44. The van der Waals surface area contributed by atoms with Gasteiger partial charge in [0.25, 0.3) is 10.0 Å². The van der Waals surface area contributed by atoms with E-state index in [2.05, 4.69) is 10.3 Å². The summed E-state index contributed by atoms with van der Waals surface area (Å²) in [6.07, 6.45) is 4.48. The molecule has 0 aliphatic carbocycles. The maximum Gasteiger partial charge on any atom is 0.270 e. The third-order valence-electron chi connectivity index (χ3n) is 3.68. The number of carbonyl (C=O) groups is 2. The number of hydrogen-bond donors (Lipinski definition) is 1. The van der Waals surface area contributed by atoms with Crippen LogP contribution in [0.1, 0.15) is 39.0 Å². The lowest BCUT2D eigenvalue weighted by atomic mass is 10.1. The van der Waals surface area contributed by atoms with E-state index >= 15 is 0 Å². The van der Waals surface area contributed by atoms with Gasteiger partial charge in [0.1, 0.15) is 0 Å². The van der Waals surface area contributed by atoms with Crippen molar-refractivity contribution in [3.8, 4) is 0 Å². The van der Waals surface area contributed by atoms with Gasteiger partial charge in [0.15, 0.2) is 5.78 Å². The van der Waals surface area contributed by atoms with Crippen LogP contribution in [-0.4, -0.2) is 48.5 Å². The second-order valence-corrected chi connectivity index (χ2v) is 8.48. The molecule has 0 bridgehead atoms. The van der Waals surface area contributed by atoms with E-state index in [9.17, 15) is 18.0 Å². The summed E-state index contributed by atoms with van der Waals surface area (Å²) < 4.78 is 26.1. The van der Waals surface area contributed by atoms with Crippen LogP contribution in [-0.2, 0) is 19.6 Å². The van der Waals surface area contributed by atoms with E-state index < -0.39 is 16.1 Å². The van der Waals surface area contributed by atoms with Gasteiger partial charge in [-0.25, -0.2) is 13.4 Å². The topological polar surface area (TPSA) is 96.4 Å². The predicted octanol–water partition coefficient (Wildman–Crippen LogP) is 1.17. The Labute approximate surface area is 140 Å². The van der Waals surface area contributed by atoms with Gasteiger partial charge in [-0.2, -0.15) is 4.31 Å². The smallest absolute Gasteiger partial charge is 0.270 e. The van der Waals surface area contributed by atoms with Crippen LogP contribution in [0.3, 0.4) is 0 Å². The fourth-order valence-corrected chi connectivity index (χ4v) is 4.82. The molecule has 0 aromatic carbocycles. The molecule has 0 saturated carbocycles. The summed E-state index contributed by atoms with van der Waals surface area (Å²) in [5.74, 6) is -0.422. The Kier molecular flexibility index (Phi) is 6.25. The number of hydrogen-bond acceptors (Lipinski definition) is 6. The minimum absolute atomic E-state index is 0.00395. The number of carbonyl (C=O) groups excluding carboxylic acids is 2. The molecule has 1 atom stereocenters. The molecule has 7 nitrogen and oxygen atoms in total. The highest BCUT2D eigenvalue weighted by atomic mass is 32.2. The molecule has 9 heteroatoms. The molecule has 0 spiro atoms. The molecule has 1 aromatic rings. The van der Waals surface area contributed by atoms with Crippen LogP contribution in [0.25, 0.3) is 0 Å². The first kappa shape index (κ1) is 18.0. The van der Waals surface area contributed by atoms with Gasteiger partial charge in [-0.05, 0) is 19.3 Å². The van der Waals surface area contributed by atoms with Crippen molar-refractivity contribution < 1.29 is 18.0 Å². The molecule has 128 valence electrons.